The number of thiazole rings is 1. The summed E-state index contributed by atoms with van der Waals surface area (Å²) in [5.41, 5.74) is 0.510. The number of ether oxygens (including phenoxy) is 1. The number of nitrogens with one attached hydrogen (secondary N) is 2. The molecule has 0 unspecified atom stereocenters. The highest BCUT2D eigenvalue weighted by molar-refractivity contribution is 8.01. The van der Waals surface area contributed by atoms with Gasteiger partial charge in [-0.05, 0) is 46.2 Å². The molecular formula is C19H25N3O4S2. The van der Waals surface area contributed by atoms with Gasteiger partial charge in [0.05, 0.1) is 10.2 Å². The summed E-state index contributed by atoms with van der Waals surface area (Å²) >= 11 is 3.22. The average molecular weight is 424 g/mol. The van der Waals surface area contributed by atoms with Gasteiger partial charge in [-0.1, -0.05) is 23.9 Å². The number of amides is 3. The summed E-state index contributed by atoms with van der Waals surface area (Å²) in [7, 11) is 0. The Hall–Kier alpha value is -2.13. The van der Waals surface area contributed by atoms with Crippen molar-refractivity contribution >= 4 is 51.2 Å². The van der Waals surface area contributed by atoms with Gasteiger partial charge in [0.25, 0.3) is 5.91 Å². The van der Waals surface area contributed by atoms with Crippen molar-refractivity contribution in [3.63, 3.8) is 0 Å². The molecule has 0 saturated heterocycles. The van der Waals surface area contributed by atoms with Crippen LogP contribution in [0.3, 0.4) is 0 Å². The molecule has 1 aromatic heterocycles. The molecule has 0 bridgehead atoms. The molecule has 1 heterocycles. The summed E-state index contributed by atoms with van der Waals surface area (Å²) in [6.45, 7) is 6.83. The third-order valence-corrected chi connectivity index (χ3v) is 5.69. The van der Waals surface area contributed by atoms with Crippen molar-refractivity contribution in [1.82, 2.24) is 15.6 Å². The Morgan fingerprint density at radius 1 is 1.25 bits per heavy atom. The molecule has 1 aromatic carbocycles. The number of hydrogen-bond acceptors (Lipinski definition) is 7. The van der Waals surface area contributed by atoms with Crippen LogP contribution in [0, 0.1) is 0 Å². The van der Waals surface area contributed by atoms with E-state index >= 15 is 0 Å². The zero-order valence-electron chi connectivity index (χ0n) is 16.4. The van der Waals surface area contributed by atoms with Crippen LogP contribution in [0.15, 0.2) is 28.6 Å². The van der Waals surface area contributed by atoms with Gasteiger partial charge >= 0.3 is 12.0 Å². The standard InChI is InChI=1S/C19H25N3O4S2/c1-12(16(24)21-17(25)22-19(2,3)4)26-15(23)10-7-11-27-18-20-13-8-5-6-9-14(13)28-18/h5-6,8-9,12H,7,10-11H2,1-4H3,(H2,21,22,24,25)/t12-/m0/s1. The van der Waals surface area contributed by atoms with Gasteiger partial charge < -0.3 is 10.1 Å². The summed E-state index contributed by atoms with van der Waals surface area (Å²) in [6, 6.07) is 7.32. The first-order valence-electron chi connectivity index (χ1n) is 8.95. The summed E-state index contributed by atoms with van der Waals surface area (Å²) in [6.07, 6.45) is -0.225. The first kappa shape index (κ1) is 22.2. The number of rotatable bonds is 7. The molecular weight excluding hydrogens is 398 g/mol. The van der Waals surface area contributed by atoms with Gasteiger partial charge in [-0.15, -0.1) is 11.3 Å². The first-order valence-corrected chi connectivity index (χ1v) is 10.7. The predicted octanol–water partition coefficient (Wildman–Crippen LogP) is 3.72. The third kappa shape index (κ3) is 7.47. The molecule has 2 aromatic rings. The highest BCUT2D eigenvalue weighted by atomic mass is 32.2. The van der Waals surface area contributed by atoms with Crippen molar-refractivity contribution in [3.05, 3.63) is 24.3 Å². The Kier molecular flexibility index (Phi) is 7.82. The second-order valence-corrected chi connectivity index (χ2v) is 9.60. The number of para-hydroxylation sites is 1. The van der Waals surface area contributed by atoms with E-state index < -0.39 is 29.6 Å². The SMILES string of the molecule is C[C@H](OC(=O)CCCSc1nc2ccccc2s1)C(=O)NC(=O)NC(C)(C)C. The van der Waals surface area contributed by atoms with E-state index in [0.29, 0.717) is 6.42 Å². The summed E-state index contributed by atoms with van der Waals surface area (Å²) in [4.78, 5) is 40.0. The zero-order chi connectivity index (χ0) is 20.7. The number of carbonyl (C=O) groups is 3. The number of thioether (sulfide) groups is 1. The predicted molar refractivity (Wildman–Crippen MR) is 112 cm³/mol. The van der Waals surface area contributed by atoms with Crippen molar-refractivity contribution in [3.8, 4) is 0 Å². The minimum Gasteiger partial charge on any atom is -0.453 e. The second kappa shape index (κ2) is 9.88. The van der Waals surface area contributed by atoms with Crippen molar-refractivity contribution in [1.29, 1.82) is 0 Å². The van der Waals surface area contributed by atoms with Crippen molar-refractivity contribution < 1.29 is 19.1 Å². The third-order valence-electron chi connectivity index (χ3n) is 3.43. The minimum absolute atomic E-state index is 0.198. The maximum atomic E-state index is 11.9. The maximum absolute atomic E-state index is 11.9. The molecule has 0 radical (unpaired) electrons. The molecule has 0 spiro atoms. The molecule has 152 valence electrons. The summed E-state index contributed by atoms with van der Waals surface area (Å²) in [5.74, 6) is -0.397. The normalized spacial score (nSPS) is 12.4. The number of benzene rings is 1. The van der Waals surface area contributed by atoms with E-state index in [9.17, 15) is 14.4 Å². The lowest BCUT2D eigenvalue weighted by atomic mass is 10.1. The van der Waals surface area contributed by atoms with Gasteiger partial charge in [0.15, 0.2) is 10.4 Å². The number of esters is 1. The van der Waals surface area contributed by atoms with Gasteiger partial charge in [-0.25, -0.2) is 9.78 Å². The van der Waals surface area contributed by atoms with Crippen LogP contribution in [0.1, 0.15) is 40.5 Å². The highest BCUT2D eigenvalue weighted by Crippen LogP contribution is 2.29. The molecule has 2 N–H and O–H groups in total. The molecule has 7 nitrogen and oxygen atoms in total. The lowest BCUT2D eigenvalue weighted by Gasteiger charge is -2.21. The zero-order valence-corrected chi connectivity index (χ0v) is 18.0. The largest absolute Gasteiger partial charge is 0.453 e. The van der Waals surface area contributed by atoms with E-state index in [1.807, 2.05) is 24.3 Å². The first-order chi connectivity index (χ1) is 13.1. The number of imide groups is 1. The molecule has 28 heavy (non-hydrogen) atoms. The number of carbonyl (C=O) groups excluding carboxylic acids is 3. The molecule has 3 amide bonds. The van der Waals surface area contributed by atoms with Gasteiger partial charge in [0.1, 0.15) is 0 Å². The Morgan fingerprint density at radius 2 is 1.96 bits per heavy atom. The van der Waals surface area contributed by atoms with Crippen molar-refractivity contribution in [2.75, 3.05) is 5.75 Å². The van der Waals surface area contributed by atoms with E-state index in [-0.39, 0.29) is 6.42 Å². The molecule has 1 atom stereocenters. The van der Waals surface area contributed by atoms with E-state index in [1.54, 1.807) is 43.9 Å². The average Bonchev–Trinajstić information content (AvgIpc) is 2.99. The van der Waals surface area contributed by atoms with Crippen LogP contribution >= 0.6 is 23.1 Å². The van der Waals surface area contributed by atoms with E-state index in [4.69, 9.17) is 4.74 Å². The quantitative estimate of drug-likeness (QED) is 0.400. The van der Waals surface area contributed by atoms with Crippen molar-refractivity contribution in [2.45, 2.75) is 56.5 Å². The molecule has 0 fully saturated rings. The van der Waals surface area contributed by atoms with Gasteiger partial charge in [-0.2, -0.15) is 0 Å². The Balaban J connectivity index is 1.67. The van der Waals surface area contributed by atoms with Crippen LogP contribution in [-0.2, 0) is 14.3 Å². The number of urea groups is 1. The van der Waals surface area contributed by atoms with Crippen LogP contribution in [0.2, 0.25) is 0 Å². The molecule has 0 saturated carbocycles. The molecule has 9 heteroatoms. The summed E-state index contributed by atoms with van der Waals surface area (Å²) < 4.78 is 7.19. The Labute approximate surface area is 172 Å². The van der Waals surface area contributed by atoms with E-state index in [2.05, 4.69) is 15.6 Å². The Morgan fingerprint density at radius 3 is 2.64 bits per heavy atom. The molecule has 0 aliphatic rings. The lowest BCUT2D eigenvalue weighted by molar-refractivity contribution is -0.154. The maximum Gasteiger partial charge on any atom is 0.321 e. The van der Waals surface area contributed by atoms with Crippen LogP contribution in [0.25, 0.3) is 10.2 Å². The number of hydrogen-bond donors (Lipinski definition) is 2. The molecule has 0 aliphatic carbocycles. The van der Waals surface area contributed by atoms with Crippen LogP contribution < -0.4 is 10.6 Å². The van der Waals surface area contributed by atoms with Gasteiger partial charge in [0.2, 0.25) is 0 Å². The van der Waals surface area contributed by atoms with E-state index in [1.165, 1.54) is 6.92 Å². The fourth-order valence-electron chi connectivity index (χ4n) is 2.18. The van der Waals surface area contributed by atoms with Gasteiger partial charge in [0, 0.05) is 17.7 Å². The lowest BCUT2D eigenvalue weighted by Crippen LogP contribution is -2.50. The monoisotopic (exact) mass is 423 g/mol. The minimum atomic E-state index is -1.03. The smallest absolute Gasteiger partial charge is 0.321 e. The van der Waals surface area contributed by atoms with E-state index in [0.717, 1.165) is 20.3 Å². The van der Waals surface area contributed by atoms with Gasteiger partial charge in [-0.3, -0.25) is 14.9 Å². The van der Waals surface area contributed by atoms with Crippen LogP contribution in [-0.4, -0.2) is 40.3 Å². The number of aromatic nitrogens is 1. The number of nitrogens with zero attached hydrogens (tertiary/aromatic N) is 1. The second-order valence-electron chi connectivity index (χ2n) is 7.22. The number of fused-ring (bicyclic) bond motifs is 1. The Bertz CT molecular complexity index is 812. The molecule has 2 rings (SSSR count). The fourth-order valence-corrected chi connectivity index (χ4v) is 4.26. The summed E-state index contributed by atoms with van der Waals surface area (Å²) in [5, 5.41) is 4.77. The topological polar surface area (TPSA) is 97.4 Å². The fraction of sp³-hybridized carbons (Fsp3) is 0.474. The van der Waals surface area contributed by atoms with Crippen LogP contribution in [0.5, 0.6) is 0 Å². The van der Waals surface area contributed by atoms with Crippen molar-refractivity contribution in [2.24, 2.45) is 0 Å². The molecule has 0 aliphatic heterocycles. The van der Waals surface area contributed by atoms with Crippen LogP contribution in [0.4, 0.5) is 4.79 Å². The highest BCUT2D eigenvalue weighted by Gasteiger charge is 2.22.